The van der Waals surface area contributed by atoms with E-state index in [1.807, 2.05) is 19.1 Å². The van der Waals surface area contributed by atoms with Crippen LogP contribution >= 0.6 is 27.3 Å². The minimum Gasteiger partial charge on any atom is -0.289 e. The number of nitrogens with zero attached hydrogens (tertiary/aromatic N) is 1. The summed E-state index contributed by atoms with van der Waals surface area (Å²) in [6.45, 7) is 1.90. The third-order valence-electron chi connectivity index (χ3n) is 1.75. The second-order valence-electron chi connectivity index (χ2n) is 3.23. The lowest BCUT2D eigenvalue weighted by molar-refractivity contribution is -0.125. The highest BCUT2D eigenvalue weighted by molar-refractivity contribution is 9.11. The van der Waals surface area contributed by atoms with Crippen molar-refractivity contribution in [1.29, 1.82) is 0 Å². The van der Waals surface area contributed by atoms with Gasteiger partial charge in [0.25, 0.3) is 0 Å². The molecule has 1 rings (SSSR count). The molecule has 0 radical (unpaired) electrons. The van der Waals surface area contributed by atoms with E-state index in [1.165, 1.54) is 0 Å². The lowest BCUT2D eigenvalue weighted by Crippen LogP contribution is -2.38. The Bertz CT molecular complexity index is 324. The van der Waals surface area contributed by atoms with Crippen LogP contribution in [0.25, 0.3) is 0 Å². The number of thiophene rings is 1. The monoisotopic (exact) mass is 276 g/mol. The van der Waals surface area contributed by atoms with Crippen LogP contribution < -0.4 is 5.43 Å². The second kappa shape index (κ2) is 4.91. The summed E-state index contributed by atoms with van der Waals surface area (Å²) in [5, 5.41) is 1.65. The van der Waals surface area contributed by atoms with Crippen LogP contribution in [0.5, 0.6) is 0 Å². The Labute approximate surface area is 96.2 Å². The molecule has 1 aromatic rings. The van der Waals surface area contributed by atoms with Gasteiger partial charge in [-0.15, -0.1) is 11.3 Å². The molecule has 0 saturated heterocycles. The molecule has 0 aliphatic carbocycles. The van der Waals surface area contributed by atoms with Crippen LogP contribution in [0.2, 0.25) is 0 Å². The summed E-state index contributed by atoms with van der Waals surface area (Å²) in [6, 6.07) is 3.92. The van der Waals surface area contributed by atoms with E-state index < -0.39 is 0 Å². The zero-order valence-electron chi connectivity index (χ0n) is 8.37. The molecule has 78 valence electrons. The first kappa shape index (κ1) is 11.7. The first-order valence-corrected chi connectivity index (χ1v) is 5.84. The lowest BCUT2D eigenvalue weighted by Gasteiger charge is -2.15. The van der Waals surface area contributed by atoms with Gasteiger partial charge in [0.05, 0.1) is 9.70 Å². The number of amides is 1. The van der Waals surface area contributed by atoms with Gasteiger partial charge in [0.15, 0.2) is 0 Å². The van der Waals surface area contributed by atoms with Crippen molar-refractivity contribution >= 4 is 33.2 Å². The number of hydrogen-bond donors (Lipinski definition) is 1. The third kappa shape index (κ3) is 3.08. The Morgan fingerprint density at radius 1 is 1.57 bits per heavy atom. The van der Waals surface area contributed by atoms with Gasteiger partial charge >= 0.3 is 0 Å². The van der Waals surface area contributed by atoms with Gasteiger partial charge in [-0.1, -0.05) is 0 Å². The van der Waals surface area contributed by atoms with Gasteiger partial charge in [-0.25, -0.2) is 5.01 Å². The van der Waals surface area contributed by atoms with Gasteiger partial charge in [-0.2, -0.15) is 0 Å². The number of hydrogen-bond acceptors (Lipinski definition) is 3. The minimum absolute atomic E-state index is 0.0179. The van der Waals surface area contributed by atoms with Crippen LogP contribution in [0.1, 0.15) is 17.7 Å². The zero-order valence-corrected chi connectivity index (χ0v) is 10.8. The Kier molecular flexibility index (Phi) is 4.10. The van der Waals surface area contributed by atoms with Crippen molar-refractivity contribution in [3.63, 3.8) is 0 Å². The molecule has 1 atom stereocenters. The van der Waals surface area contributed by atoms with E-state index in [1.54, 1.807) is 30.4 Å². The standard InChI is InChI=1S/C9H13BrN2OS/c1-6(9(13)11-12(2)3)7-4-5-8(10)14-7/h4-6H,1-3H3,(H,11,13). The van der Waals surface area contributed by atoms with Gasteiger partial charge in [0, 0.05) is 19.0 Å². The molecule has 0 aliphatic rings. The van der Waals surface area contributed by atoms with E-state index in [9.17, 15) is 4.79 Å². The number of halogens is 1. The largest absolute Gasteiger partial charge is 0.289 e. The molecule has 0 spiro atoms. The van der Waals surface area contributed by atoms with Crippen LogP contribution in [0, 0.1) is 0 Å². The lowest BCUT2D eigenvalue weighted by atomic mass is 10.1. The van der Waals surface area contributed by atoms with Crippen molar-refractivity contribution in [3.05, 3.63) is 20.8 Å². The zero-order chi connectivity index (χ0) is 10.7. The molecule has 0 aliphatic heterocycles. The SMILES string of the molecule is CC(C(=O)NN(C)C)c1ccc(Br)s1. The van der Waals surface area contributed by atoms with Gasteiger partial charge in [0.1, 0.15) is 0 Å². The van der Waals surface area contributed by atoms with Crippen molar-refractivity contribution in [3.8, 4) is 0 Å². The first-order chi connectivity index (χ1) is 6.50. The molecule has 1 N–H and O–H groups in total. The van der Waals surface area contributed by atoms with Gasteiger partial charge in [-0.05, 0) is 35.0 Å². The van der Waals surface area contributed by atoms with Crippen LogP contribution in [0.3, 0.4) is 0 Å². The number of carbonyl (C=O) groups is 1. The van der Waals surface area contributed by atoms with Gasteiger partial charge < -0.3 is 0 Å². The average Bonchev–Trinajstić information content (AvgIpc) is 2.49. The molecule has 0 aromatic carbocycles. The summed E-state index contributed by atoms with van der Waals surface area (Å²) in [6.07, 6.45) is 0. The van der Waals surface area contributed by atoms with E-state index in [4.69, 9.17) is 0 Å². The number of carbonyl (C=O) groups excluding carboxylic acids is 1. The van der Waals surface area contributed by atoms with E-state index in [2.05, 4.69) is 21.4 Å². The Hall–Kier alpha value is -0.390. The summed E-state index contributed by atoms with van der Waals surface area (Å²) in [7, 11) is 3.60. The molecule has 1 unspecified atom stereocenters. The fourth-order valence-corrected chi connectivity index (χ4v) is 2.48. The number of nitrogens with one attached hydrogen (secondary N) is 1. The topological polar surface area (TPSA) is 32.3 Å². The maximum absolute atomic E-state index is 11.6. The molecule has 0 bridgehead atoms. The van der Waals surface area contributed by atoms with Crippen molar-refractivity contribution in [2.45, 2.75) is 12.8 Å². The van der Waals surface area contributed by atoms with E-state index in [-0.39, 0.29) is 11.8 Å². The number of hydrazine groups is 1. The minimum atomic E-state index is -0.103. The molecule has 3 nitrogen and oxygen atoms in total. The summed E-state index contributed by atoms with van der Waals surface area (Å²) >= 11 is 4.97. The smallest absolute Gasteiger partial charge is 0.242 e. The van der Waals surface area contributed by atoms with Crippen LogP contribution in [-0.2, 0) is 4.79 Å². The molecule has 14 heavy (non-hydrogen) atoms. The molecular formula is C9H13BrN2OS. The van der Waals surface area contributed by atoms with Crippen LogP contribution in [0.4, 0.5) is 0 Å². The van der Waals surface area contributed by atoms with Crippen molar-refractivity contribution in [2.24, 2.45) is 0 Å². The third-order valence-corrected chi connectivity index (χ3v) is 3.55. The van der Waals surface area contributed by atoms with E-state index in [0.29, 0.717) is 0 Å². The first-order valence-electron chi connectivity index (χ1n) is 4.23. The Balaban J connectivity index is 2.65. The van der Waals surface area contributed by atoms with Crippen molar-refractivity contribution in [1.82, 2.24) is 10.4 Å². The van der Waals surface area contributed by atoms with Gasteiger partial charge in [-0.3, -0.25) is 10.2 Å². The molecule has 0 saturated carbocycles. The molecule has 1 aromatic heterocycles. The van der Waals surface area contributed by atoms with E-state index >= 15 is 0 Å². The predicted octanol–water partition coefficient (Wildman–Crippen LogP) is 2.21. The van der Waals surface area contributed by atoms with E-state index in [0.717, 1.165) is 8.66 Å². The molecule has 1 amide bonds. The van der Waals surface area contributed by atoms with Crippen molar-refractivity contribution in [2.75, 3.05) is 14.1 Å². The highest BCUT2D eigenvalue weighted by Crippen LogP contribution is 2.28. The maximum Gasteiger partial charge on any atom is 0.242 e. The molecule has 1 heterocycles. The predicted molar refractivity (Wildman–Crippen MR) is 62.3 cm³/mol. The Morgan fingerprint density at radius 2 is 2.21 bits per heavy atom. The molecule has 5 heteroatoms. The summed E-state index contributed by atoms with van der Waals surface area (Å²) < 4.78 is 1.05. The second-order valence-corrected chi connectivity index (χ2v) is 5.73. The highest BCUT2D eigenvalue weighted by Gasteiger charge is 2.16. The van der Waals surface area contributed by atoms with Crippen molar-refractivity contribution < 1.29 is 4.79 Å². The fourth-order valence-electron chi connectivity index (χ4n) is 1.01. The summed E-state index contributed by atoms with van der Waals surface area (Å²) in [5.41, 5.74) is 2.74. The summed E-state index contributed by atoms with van der Waals surface area (Å²) in [5.74, 6) is -0.0851. The summed E-state index contributed by atoms with van der Waals surface area (Å²) in [4.78, 5) is 12.7. The highest BCUT2D eigenvalue weighted by atomic mass is 79.9. The van der Waals surface area contributed by atoms with Crippen LogP contribution in [-0.4, -0.2) is 25.0 Å². The van der Waals surface area contributed by atoms with Gasteiger partial charge in [0.2, 0.25) is 5.91 Å². The fraction of sp³-hybridized carbons (Fsp3) is 0.444. The van der Waals surface area contributed by atoms with Crippen LogP contribution in [0.15, 0.2) is 15.9 Å². The maximum atomic E-state index is 11.6. The average molecular weight is 277 g/mol. The number of rotatable bonds is 3. The molecule has 0 fully saturated rings. The quantitative estimate of drug-likeness (QED) is 0.859. The molecular weight excluding hydrogens is 264 g/mol. The normalized spacial score (nSPS) is 12.9. The Morgan fingerprint density at radius 3 is 2.64 bits per heavy atom.